The fourth-order valence-electron chi connectivity index (χ4n) is 1.82. The van der Waals surface area contributed by atoms with Gasteiger partial charge in [-0.2, -0.15) is 5.26 Å². The minimum absolute atomic E-state index is 0.539. The van der Waals surface area contributed by atoms with Gasteiger partial charge in [0.1, 0.15) is 5.75 Å². The number of ether oxygens (including phenoxy) is 1. The van der Waals surface area contributed by atoms with Gasteiger partial charge in [-0.1, -0.05) is 17.7 Å². The molecule has 5 heteroatoms. The fourth-order valence-corrected chi connectivity index (χ4v) is 2.40. The molecule has 0 bridgehead atoms. The van der Waals surface area contributed by atoms with Crippen LogP contribution in [-0.4, -0.2) is 7.11 Å². The van der Waals surface area contributed by atoms with Gasteiger partial charge in [-0.15, -0.1) is 0 Å². The highest BCUT2D eigenvalue weighted by atomic mass is 79.9. The van der Waals surface area contributed by atoms with Crippen LogP contribution in [0, 0.1) is 11.3 Å². The highest BCUT2D eigenvalue weighted by Gasteiger charge is 2.07. The summed E-state index contributed by atoms with van der Waals surface area (Å²) in [6.07, 6.45) is 0. The second kappa shape index (κ2) is 6.65. The lowest BCUT2D eigenvalue weighted by Crippen LogP contribution is -2.03. The van der Waals surface area contributed by atoms with Gasteiger partial charge in [-0.05, 0) is 46.3 Å². The van der Waals surface area contributed by atoms with Crippen molar-refractivity contribution in [1.29, 1.82) is 5.26 Å². The van der Waals surface area contributed by atoms with Gasteiger partial charge in [0, 0.05) is 12.1 Å². The number of halogens is 2. The van der Waals surface area contributed by atoms with E-state index in [1.54, 1.807) is 19.2 Å². The Morgan fingerprint density at radius 1 is 1.35 bits per heavy atom. The number of anilines is 1. The Morgan fingerprint density at radius 2 is 2.15 bits per heavy atom. The molecule has 0 aliphatic heterocycles. The van der Waals surface area contributed by atoms with Gasteiger partial charge in [0.25, 0.3) is 0 Å². The fraction of sp³-hybridized carbons (Fsp3) is 0.133. The van der Waals surface area contributed by atoms with E-state index in [-0.39, 0.29) is 0 Å². The molecule has 1 N–H and O–H groups in total. The second-order valence-corrected chi connectivity index (χ2v) is 5.29. The molecule has 0 saturated heterocycles. The molecule has 2 rings (SSSR count). The summed E-state index contributed by atoms with van der Waals surface area (Å²) in [5.74, 6) is 0.745. The average molecular weight is 352 g/mol. The first-order chi connectivity index (χ1) is 9.65. The number of benzene rings is 2. The van der Waals surface area contributed by atoms with Crippen LogP contribution in [-0.2, 0) is 6.54 Å². The van der Waals surface area contributed by atoms with E-state index in [9.17, 15) is 0 Å². The first kappa shape index (κ1) is 14.7. The lowest BCUT2D eigenvalue weighted by Gasteiger charge is -2.12. The maximum absolute atomic E-state index is 8.96. The van der Waals surface area contributed by atoms with Gasteiger partial charge in [-0.25, -0.2) is 0 Å². The van der Waals surface area contributed by atoms with E-state index in [4.69, 9.17) is 21.6 Å². The SMILES string of the molecule is COc1ccc(C#N)cc1CNc1cccc(Cl)c1Br. The van der Waals surface area contributed by atoms with Gasteiger partial charge >= 0.3 is 0 Å². The first-order valence-corrected chi connectivity index (χ1v) is 7.07. The Labute approximate surface area is 131 Å². The van der Waals surface area contributed by atoms with Crippen LogP contribution in [0.3, 0.4) is 0 Å². The maximum atomic E-state index is 8.96. The van der Waals surface area contributed by atoms with Crippen molar-refractivity contribution in [3.63, 3.8) is 0 Å². The van der Waals surface area contributed by atoms with Crippen molar-refractivity contribution in [2.45, 2.75) is 6.54 Å². The van der Waals surface area contributed by atoms with Gasteiger partial charge in [0.15, 0.2) is 0 Å². The van der Waals surface area contributed by atoms with E-state index < -0.39 is 0 Å². The van der Waals surface area contributed by atoms with E-state index in [2.05, 4.69) is 27.3 Å². The predicted octanol–water partition coefficient (Wildman–Crippen LogP) is 4.59. The average Bonchev–Trinajstić information content (AvgIpc) is 2.48. The van der Waals surface area contributed by atoms with Gasteiger partial charge in [-0.3, -0.25) is 0 Å². The van der Waals surface area contributed by atoms with E-state index in [0.717, 1.165) is 21.5 Å². The summed E-state index contributed by atoms with van der Waals surface area (Å²) in [6, 6.07) is 13.1. The van der Waals surface area contributed by atoms with Gasteiger partial charge in [0.2, 0.25) is 0 Å². The van der Waals surface area contributed by atoms with Crippen LogP contribution in [0.15, 0.2) is 40.9 Å². The number of nitriles is 1. The molecule has 0 aromatic heterocycles. The summed E-state index contributed by atoms with van der Waals surface area (Å²) in [5, 5.41) is 12.9. The standard InChI is InChI=1S/C15H12BrClN2O/c1-20-14-6-5-10(8-18)7-11(14)9-19-13-4-2-3-12(17)15(13)16/h2-7,19H,9H2,1H3. The summed E-state index contributed by atoms with van der Waals surface area (Å²) >= 11 is 9.49. The zero-order valence-corrected chi connectivity index (χ0v) is 13.1. The zero-order chi connectivity index (χ0) is 14.5. The predicted molar refractivity (Wildman–Crippen MR) is 84.2 cm³/mol. The van der Waals surface area contributed by atoms with Crippen molar-refractivity contribution in [1.82, 2.24) is 0 Å². The molecule has 0 saturated carbocycles. The van der Waals surface area contributed by atoms with Crippen molar-refractivity contribution in [2.24, 2.45) is 0 Å². The van der Waals surface area contributed by atoms with Crippen LogP contribution in [0.2, 0.25) is 5.02 Å². The summed E-state index contributed by atoms with van der Waals surface area (Å²) in [5.41, 5.74) is 2.41. The van der Waals surface area contributed by atoms with E-state index >= 15 is 0 Å². The van der Waals surface area contributed by atoms with Crippen molar-refractivity contribution < 1.29 is 4.74 Å². The number of rotatable bonds is 4. The van der Waals surface area contributed by atoms with Crippen LogP contribution >= 0.6 is 27.5 Å². The summed E-state index contributed by atoms with van der Waals surface area (Å²) < 4.78 is 6.12. The molecule has 0 amide bonds. The molecule has 0 fully saturated rings. The summed E-state index contributed by atoms with van der Waals surface area (Å²) in [4.78, 5) is 0. The number of methoxy groups -OCH3 is 1. The maximum Gasteiger partial charge on any atom is 0.123 e. The normalized spacial score (nSPS) is 9.90. The molecular formula is C15H12BrClN2O. The van der Waals surface area contributed by atoms with Gasteiger partial charge in [0.05, 0.1) is 33.9 Å². The monoisotopic (exact) mass is 350 g/mol. The van der Waals surface area contributed by atoms with Crippen LogP contribution < -0.4 is 10.1 Å². The van der Waals surface area contributed by atoms with Crippen LogP contribution in [0.5, 0.6) is 5.75 Å². The molecule has 2 aromatic rings. The van der Waals surface area contributed by atoms with Gasteiger partial charge < -0.3 is 10.1 Å². The molecule has 0 spiro atoms. The number of hydrogen-bond donors (Lipinski definition) is 1. The Balaban J connectivity index is 2.22. The van der Waals surface area contributed by atoms with Crippen LogP contribution in [0.4, 0.5) is 5.69 Å². The van der Waals surface area contributed by atoms with E-state index in [0.29, 0.717) is 17.1 Å². The van der Waals surface area contributed by atoms with E-state index in [1.165, 1.54) is 0 Å². The third-order valence-corrected chi connectivity index (χ3v) is 4.23. The highest BCUT2D eigenvalue weighted by Crippen LogP contribution is 2.31. The molecule has 0 aliphatic rings. The second-order valence-electron chi connectivity index (χ2n) is 4.09. The third-order valence-electron chi connectivity index (χ3n) is 2.83. The van der Waals surface area contributed by atoms with Crippen LogP contribution in [0.1, 0.15) is 11.1 Å². The lowest BCUT2D eigenvalue weighted by atomic mass is 10.1. The molecule has 0 atom stereocenters. The molecule has 0 radical (unpaired) electrons. The van der Waals surface area contributed by atoms with Crippen molar-refractivity contribution in [3.05, 3.63) is 57.0 Å². The lowest BCUT2D eigenvalue weighted by molar-refractivity contribution is 0.410. The molecule has 2 aromatic carbocycles. The minimum atomic E-state index is 0.539. The minimum Gasteiger partial charge on any atom is -0.496 e. The third kappa shape index (κ3) is 3.24. The molecular weight excluding hydrogens is 340 g/mol. The first-order valence-electron chi connectivity index (χ1n) is 5.90. The molecule has 0 unspecified atom stereocenters. The largest absolute Gasteiger partial charge is 0.496 e. The summed E-state index contributed by atoms with van der Waals surface area (Å²) in [6.45, 7) is 0.539. The Kier molecular flexibility index (Phi) is 4.89. The van der Waals surface area contributed by atoms with Crippen molar-refractivity contribution in [2.75, 3.05) is 12.4 Å². The zero-order valence-electron chi connectivity index (χ0n) is 10.8. The molecule has 0 heterocycles. The van der Waals surface area contributed by atoms with Crippen molar-refractivity contribution in [3.8, 4) is 11.8 Å². The molecule has 3 nitrogen and oxygen atoms in total. The van der Waals surface area contributed by atoms with E-state index in [1.807, 2.05) is 24.3 Å². The van der Waals surface area contributed by atoms with Crippen LogP contribution in [0.25, 0.3) is 0 Å². The Morgan fingerprint density at radius 3 is 2.85 bits per heavy atom. The Bertz CT molecular complexity index is 667. The molecule has 102 valence electrons. The highest BCUT2D eigenvalue weighted by molar-refractivity contribution is 9.10. The Hall–Kier alpha value is -1.70. The number of nitrogens with zero attached hydrogens (tertiary/aromatic N) is 1. The number of hydrogen-bond acceptors (Lipinski definition) is 3. The number of nitrogens with one attached hydrogen (secondary N) is 1. The topological polar surface area (TPSA) is 45.0 Å². The quantitative estimate of drug-likeness (QED) is 0.876. The molecule has 20 heavy (non-hydrogen) atoms. The smallest absolute Gasteiger partial charge is 0.123 e. The van der Waals surface area contributed by atoms with Crippen molar-refractivity contribution >= 4 is 33.2 Å². The molecule has 0 aliphatic carbocycles. The summed E-state index contributed by atoms with van der Waals surface area (Å²) in [7, 11) is 1.61.